The lowest BCUT2D eigenvalue weighted by Crippen LogP contribution is -2.39. The molecule has 0 saturated carbocycles. The molecule has 1 unspecified atom stereocenters. The fourth-order valence-corrected chi connectivity index (χ4v) is 3.57. The summed E-state index contributed by atoms with van der Waals surface area (Å²) in [6.07, 6.45) is 4.58. The summed E-state index contributed by atoms with van der Waals surface area (Å²) < 4.78 is 3.92. The van der Waals surface area contributed by atoms with E-state index in [0.29, 0.717) is 11.4 Å². The molecule has 116 valence electrons. The van der Waals surface area contributed by atoms with Crippen LogP contribution in [0.5, 0.6) is 0 Å². The quantitative estimate of drug-likeness (QED) is 0.868. The molecule has 0 spiro atoms. The molecule has 0 bridgehead atoms. The molecule has 7 heteroatoms. The van der Waals surface area contributed by atoms with Crippen LogP contribution in [0, 0.1) is 6.92 Å². The maximum Gasteiger partial charge on any atom is 0.267 e. The standard InChI is InChI=1S/C15H19N5OS/c1-3-12-14(22-19-18-12)15(21)20-8-4-5-11(9-20)13-6-7-16-10(2)17-13/h6-7,11H,3-5,8-9H2,1-2H3. The van der Waals surface area contributed by atoms with Crippen molar-refractivity contribution in [3.05, 3.63) is 34.4 Å². The average molecular weight is 317 g/mol. The largest absolute Gasteiger partial charge is 0.337 e. The number of carbonyl (C=O) groups is 1. The van der Waals surface area contributed by atoms with Crippen LogP contribution in [0.3, 0.4) is 0 Å². The lowest BCUT2D eigenvalue weighted by Gasteiger charge is -2.32. The summed E-state index contributed by atoms with van der Waals surface area (Å²) >= 11 is 1.20. The SMILES string of the molecule is CCc1nnsc1C(=O)N1CCCC(c2ccnc(C)n2)C1. The van der Waals surface area contributed by atoms with Crippen molar-refractivity contribution < 1.29 is 4.79 Å². The van der Waals surface area contributed by atoms with Gasteiger partial charge in [-0.25, -0.2) is 9.97 Å². The third-order valence-electron chi connectivity index (χ3n) is 4.01. The van der Waals surface area contributed by atoms with E-state index in [-0.39, 0.29) is 11.8 Å². The summed E-state index contributed by atoms with van der Waals surface area (Å²) in [5, 5.41) is 4.04. The number of aryl methyl sites for hydroxylation is 2. The Kier molecular flexibility index (Phi) is 4.42. The Balaban J connectivity index is 1.77. The molecule has 0 N–H and O–H groups in total. The minimum absolute atomic E-state index is 0.0577. The second-order valence-electron chi connectivity index (χ2n) is 5.52. The first-order chi connectivity index (χ1) is 10.7. The van der Waals surface area contributed by atoms with Crippen LogP contribution in [0.4, 0.5) is 0 Å². The van der Waals surface area contributed by atoms with Crippen molar-refractivity contribution in [1.29, 1.82) is 0 Å². The number of carbonyl (C=O) groups excluding carboxylic acids is 1. The molecule has 2 aromatic heterocycles. The first kappa shape index (κ1) is 15.0. The van der Waals surface area contributed by atoms with Crippen LogP contribution in [0.15, 0.2) is 12.3 Å². The number of rotatable bonds is 3. The van der Waals surface area contributed by atoms with Crippen molar-refractivity contribution in [2.45, 2.75) is 39.0 Å². The van der Waals surface area contributed by atoms with Gasteiger partial charge in [0.1, 0.15) is 10.7 Å². The highest BCUT2D eigenvalue weighted by Crippen LogP contribution is 2.27. The third-order valence-corrected chi connectivity index (χ3v) is 4.77. The fourth-order valence-electron chi connectivity index (χ4n) is 2.85. The Morgan fingerprint density at radius 3 is 3.14 bits per heavy atom. The summed E-state index contributed by atoms with van der Waals surface area (Å²) in [6, 6.07) is 1.96. The molecular formula is C15H19N5OS. The molecule has 0 radical (unpaired) electrons. The van der Waals surface area contributed by atoms with Gasteiger partial charge < -0.3 is 4.90 Å². The predicted molar refractivity (Wildman–Crippen MR) is 83.9 cm³/mol. The van der Waals surface area contributed by atoms with Gasteiger partial charge in [0.25, 0.3) is 5.91 Å². The number of piperidine rings is 1. The zero-order valence-corrected chi connectivity index (χ0v) is 13.6. The number of likely N-dealkylation sites (tertiary alicyclic amines) is 1. The van der Waals surface area contributed by atoms with Crippen LogP contribution in [0.2, 0.25) is 0 Å². The summed E-state index contributed by atoms with van der Waals surface area (Å²) in [5.41, 5.74) is 1.83. The smallest absolute Gasteiger partial charge is 0.267 e. The fraction of sp³-hybridized carbons (Fsp3) is 0.533. The van der Waals surface area contributed by atoms with Crippen LogP contribution in [-0.2, 0) is 6.42 Å². The van der Waals surface area contributed by atoms with E-state index in [9.17, 15) is 4.79 Å². The maximum absolute atomic E-state index is 12.7. The Hall–Kier alpha value is -1.89. The summed E-state index contributed by atoms with van der Waals surface area (Å²) in [7, 11) is 0. The third kappa shape index (κ3) is 2.99. The summed E-state index contributed by atoms with van der Waals surface area (Å²) in [4.78, 5) is 24.0. The van der Waals surface area contributed by atoms with E-state index in [2.05, 4.69) is 19.6 Å². The topological polar surface area (TPSA) is 71.9 Å². The van der Waals surface area contributed by atoms with Crippen molar-refractivity contribution in [2.75, 3.05) is 13.1 Å². The van der Waals surface area contributed by atoms with Gasteiger partial charge in [0.15, 0.2) is 0 Å². The Morgan fingerprint density at radius 1 is 1.50 bits per heavy atom. The first-order valence-electron chi connectivity index (χ1n) is 7.59. The van der Waals surface area contributed by atoms with Gasteiger partial charge in [-0.15, -0.1) is 5.10 Å². The molecule has 6 nitrogen and oxygen atoms in total. The molecular weight excluding hydrogens is 298 g/mol. The number of hydrogen-bond donors (Lipinski definition) is 0. The maximum atomic E-state index is 12.7. The molecule has 1 amide bonds. The van der Waals surface area contributed by atoms with Gasteiger partial charge in [-0.05, 0) is 43.8 Å². The Morgan fingerprint density at radius 2 is 2.36 bits per heavy atom. The molecule has 0 aliphatic carbocycles. The minimum Gasteiger partial charge on any atom is -0.337 e. The van der Waals surface area contributed by atoms with Gasteiger partial charge in [0.05, 0.1) is 5.69 Å². The second kappa shape index (κ2) is 6.48. The van der Waals surface area contributed by atoms with Crippen molar-refractivity contribution >= 4 is 17.4 Å². The molecule has 1 aliphatic rings. The Labute approximate surface area is 133 Å². The monoisotopic (exact) mass is 317 g/mol. The lowest BCUT2D eigenvalue weighted by molar-refractivity contribution is 0.0709. The van der Waals surface area contributed by atoms with Crippen LogP contribution in [0.25, 0.3) is 0 Å². The number of nitrogens with zero attached hydrogens (tertiary/aromatic N) is 5. The normalized spacial score (nSPS) is 18.5. The molecule has 2 aromatic rings. The van der Waals surface area contributed by atoms with Crippen molar-refractivity contribution in [2.24, 2.45) is 0 Å². The van der Waals surface area contributed by atoms with Gasteiger partial charge in [-0.3, -0.25) is 4.79 Å². The van der Waals surface area contributed by atoms with E-state index in [1.54, 1.807) is 6.20 Å². The van der Waals surface area contributed by atoms with Crippen LogP contribution >= 0.6 is 11.5 Å². The van der Waals surface area contributed by atoms with Gasteiger partial charge in [0.2, 0.25) is 0 Å². The summed E-state index contributed by atoms with van der Waals surface area (Å²) in [5.74, 6) is 1.12. The van der Waals surface area contributed by atoms with E-state index in [0.717, 1.165) is 43.0 Å². The van der Waals surface area contributed by atoms with Gasteiger partial charge in [-0.2, -0.15) is 0 Å². The van der Waals surface area contributed by atoms with E-state index in [1.165, 1.54) is 11.5 Å². The van der Waals surface area contributed by atoms with Gasteiger partial charge in [-0.1, -0.05) is 11.4 Å². The van der Waals surface area contributed by atoms with E-state index in [4.69, 9.17) is 0 Å². The minimum atomic E-state index is 0.0577. The lowest BCUT2D eigenvalue weighted by atomic mass is 9.94. The molecule has 1 fully saturated rings. The molecule has 3 heterocycles. The van der Waals surface area contributed by atoms with Gasteiger partial charge >= 0.3 is 0 Å². The van der Waals surface area contributed by atoms with E-state index in [1.807, 2.05) is 24.8 Å². The van der Waals surface area contributed by atoms with Crippen molar-refractivity contribution in [3.8, 4) is 0 Å². The Bertz CT molecular complexity index is 671. The first-order valence-corrected chi connectivity index (χ1v) is 8.36. The zero-order valence-electron chi connectivity index (χ0n) is 12.8. The molecule has 22 heavy (non-hydrogen) atoms. The van der Waals surface area contributed by atoms with E-state index >= 15 is 0 Å². The second-order valence-corrected chi connectivity index (χ2v) is 6.28. The molecule has 1 aliphatic heterocycles. The highest BCUT2D eigenvalue weighted by atomic mass is 32.1. The van der Waals surface area contributed by atoms with E-state index < -0.39 is 0 Å². The highest BCUT2D eigenvalue weighted by molar-refractivity contribution is 7.08. The average Bonchev–Trinajstić information content (AvgIpc) is 3.03. The van der Waals surface area contributed by atoms with Crippen LogP contribution in [0.1, 0.15) is 52.6 Å². The van der Waals surface area contributed by atoms with Crippen LogP contribution in [-0.4, -0.2) is 43.5 Å². The van der Waals surface area contributed by atoms with Crippen molar-refractivity contribution in [3.63, 3.8) is 0 Å². The number of aromatic nitrogens is 4. The molecule has 1 saturated heterocycles. The molecule has 0 aromatic carbocycles. The summed E-state index contributed by atoms with van der Waals surface area (Å²) in [6.45, 7) is 5.39. The predicted octanol–water partition coefficient (Wildman–Crippen LogP) is 2.22. The molecule has 3 rings (SSSR count). The van der Waals surface area contributed by atoms with Crippen molar-refractivity contribution in [1.82, 2.24) is 24.5 Å². The molecule has 1 atom stereocenters. The number of hydrogen-bond acceptors (Lipinski definition) is 6. The zero-order chi connectivity index (χ0) is 15.5. The van der Waals surface area contributed by atoms with Gasteiger partial charge in [0, 0.05) is 30.9 Å². The highest BCUT2D eigenvalue weighted by Gasteiger charge is 2.28. The van der Waals surface area contributed by atoms with Crippen LogP contribution < -0.4 is 0 Å². The number of amides is 1.